The van der Waals surface area contributed by atoms with Crippen LogP contribution in [-0.2, 0) is 4.79 Å². The van der Waals surface area contributed by atoms with Gasteiger partial charge in [-0.05, 0) is 37.1 Å². The van der Waals surface area contributed by atoms with Gasteiger partial charge in [0.1, 0.15) is 11.6 Å². The van der Waals surface area contributed by atoms with Gasteiger partial charge in [-0.3, -0.25) is 4.79 Å². The molecular formula is C16H17ClN2O2. The number of hydrogen-bond acceptors (Lipinski definition) is 3. The molecule has 4 nitrogen and oxygen atoms in total. The van der Waals surface area contributed by atoms with Gasteiger partial charge in [0.2, 0.25) is 5.91 Å². The third-order valence-corrected chi connectivity index (χ3v) is 3.12. The number of aromatic nitrogens is 1. The van der Waals surface area contributed by atoms with Crippen molar-refractivity contribution in [1.82, 2.24) is 4.98 Å². The van der Waals surface area contributed by atoms with Crippen LogP contribution in [0.4, 0.5) is 5.82 Å². The summed E-state index contributed by atoms with van der Waals surface area (Å²) in [5, 5.41) is 3.26. The Morgan fingerprint density at radius 1 is 1.29 bits per heavy atom. The average Bonchev–Trinajstić information content (AvgIpc) is 2.48. The number of nitrogens with one attached hydrogen (secondary N) is 1. The summed E-state index contributed by atoms with van der Waals surface area (Å²) >= 11 is 5.73. The molecular weight excluding hydrogens is 288 g/mol. The highest BCUT2D eigenvalue weighted by Gasteiger charge is 2.04. The van der Waals surface area contributed by atoms with Crippen molar-refractivity contribution in [2.45, 2.75) is 19.8 Å². The van der Waals surface area contributed by atoms with Gasteiger partial charge in [-0.15, -0.1) is 0 Å². The Balaban J connectivity index is 1.70. The van der Waals surface area contributed by atoms with Gasteiger partial charge < -0.3 is 10.1 Å². The van der Waals surface area contributed by atoms with E-state index >= 15 is 0 Å². The lowest BCUT2D eigenvalue weighted by Crippen LogP contribution is -2.13. The Hall–Kier alpha value is -2.07. The molecule has 0 aliphatic rings. The lowest BCUT2D eigenvalue weighted by molar-refractivity contribution is -0.116. The minimum Gasteiger partial charge on any atom is -0.493 e. The fourth-order valence-corrected chi connectivity index (χ4v) is 1.90. The topological polar surface area (TPSA) is 51.2 Å². The molecule has 5 heteroatoms. The van der Waals surface area contributed by atoms with Gasteiger partial charge in [0, 0.05) is 12.6 Å². The molecule has 110 valence electrons. The zero-order valence-corrected chi connectivity index (χ0v) is 12.6. The summed E-state index contributed by atoms with van der Waals surface area (Å²) in [6.45, 7) is 2.50. The first kappa shape index (κ1) is 15.3. The Kier molecular flexibility index (Phi) is 5.58. The predicted octanol–water partition coefficient (Wildman–Crippen LogP) is 3.84. The Morgan fingerprint density at radius 2 is 2.10 bits per heavy atom. The molecule has 0 saturated carbocycles. The van der Waals surface area contributed by atoms with Crippen molar-refractivity contribution in [2.24, 2.45) is 0 Å². The average molecular weight is 305 g/mol. The van der Waals surface area contributed by atoms with Crippen LogP contribution >= 0.6 is 11.6 Å². The Labute approximate surface area is 129 Å². The summed E-state index contributed by atoms with van der Waals surface area (Å²) < 4.78 is 5.64. The molecule has 1 aromatic heterocycles. The number of carbonyl (C=O) groups is 1. The fraction of sp³-hybridized carbons (Fsp3) is 0.250. The molecule has 1 amide bonds. The van der Waals surface area contributed by atoms with E-state index in [2.05, 4.69) is 10.3 Å². The molecule has 0 fully saturated rings. The Morgan fingerprint density at radius 3 is 2.81 bits per heavy atom. The maximum absolute atomic E-state index is 11.7. The number of halogens is 1. The summed E-state index contributed by atoms with van der Waals surface area (Å²) in [6, 6.07) is 11.2. The number of hydrogen-bond donors (Lipinski definition) is 1. The highest BCUT2D eigenvalue weighted by molar-refractivity contribution is 6.30. The smallest absolute Gasteiger partial charge is 0.225 e. The number of carbonyl (C=O) groups excluding carboxylic acids is 1. The van der Waals surface area contributed by atoms with Crippen LogP contribution in [0.3, 0.4) is 0 Å². The van der Waals surface area contributed by atoms with Crippen molar-refractivity contribution in [3.05, 3.63) is 53.2 Å². The van der Waals surface area contributed by atoms with Crippen LogP contribution in [0.2, 0.25) is 5.02 Å². The molecule has 0 unspecified atom stereocenters. The van der Waals surface area contributed by atoms with E-state index in [9.17, 15) is 4.79 Å². The van der Waals surface area contributed by atoms with Gasteiger partial charge in [-0.1, -0.05) is 29.8 Å². The van der Waals surface area contributed by atoms with Crippen LogP contribution < -0.4 is 10.1 Å². The molecule has 2 rings (SSSR count). The maximum atomic E-state index is 11.7. The van der Waals surface area contributed by atoms with E-state index in [1.54, 1.807) is 12.1 Å². The third-order valence-electron chi connectivity index (χ3n) is 2.89. The lowest BCUT2D eigenvalue weighted by Gasteiger charge is -2.08. The number of anilines is 1. The van der Waals surface area contributed by atoms with Gasteiger partial charge in [-0.2, -0.15) is 0 Å². The molecule has 0 saturated heterocycles. The molecule has 0 atom stereocenters. The van der Waals surface area contributed by atoms with Crippen molar-refractivity contribution in [3.8, 4) is 5.75 Å². The first-order chi connectivity index (χ1) is 10.1. The predicted molar refractivity (Wildman–Crippen MR) is 83.8 cm³/mol. The van der Waals surface area contributed by atoms with Gasteiger partial charge in [0.15, 0.2) is 0 Å². The van der Waals surface area contributed by atoms with Crippen molar-refractivity contribution >= 4 is 23.3 Å². The van der Waals surface area contributed by atoms with E-state index in [4.69, 9.17) is 16.3 Å². The minimum atomic E-state index is -0.0850. The van der Waals surface area contributed by atoms with Crippen LogP contribution in [-0.4, -0.2) is 17.5 Å². The lowest BCUT2D eigenvalue weighted by atomic mass is 10.2. The Bertz CT molecular complexity index is 599. The normalized spacial score (nSPS) is 10.2. The van der Waals surface area contributed by atoms with Gasteiger partial charge in [-0.25, -0.2) is 4.98 Å². The fourth-order valence-electron chi connectivity index (χ4n) is 1.79. The quantitative estimate of drug-likeness (QED) is 0.825. The number of amides is 1. The SMILES string of the molecule is Cc1ccccc1OCCCC(=O)Nc1ccc(Cl)cn1. The second-order valence-corrected chi connectivity index (χ2v) is 5.06. The summed E-state index contributed by atoms with van der Waals surface area (Å²) in [5.41, 5.74) is 1.09. The van der Waals surface area contributed by atoms with Crippen LogP contribution in [0.5, 0.6) is 5.75 Å². The first-order valence-electron chi connectivity index (χ1n) is 6.75. The summed E-state index contributed by atoms with van der Waals surface area (Å²) in [5.74, 6) is 1.28. The molecule has 1 N–H and O–H groups in total. The second-order valence-electron chi connectivity index (χ2n) is 4.63. The van der Waals surface area contributed by atoms with E-state index < -0.39 is 0 Å². The third kappa shape index (κ3) is 5.08. The summed E-state index contributed by atoms with van der Waals surface area (Å²) in [6.07, 6.45) is 2.53. The highest BCUT2D eigenvalue weighted by Crippen LogP contribution is 2.16. The second kappa shape index (κ2) is 7.64. The number of nitrogens with zero attached hydrogens (tertiary/aromatic N) is 1. The van der Waals surface area contributed by atoms with Crippen molar-refractivity contribution in [2.75, 3.05) is 11.9 Å². The van der Waals surface area contributed by atoms with E-state index in [0.717, 1.165) is 11.3 Å². The van der Waals surface area contributed by atoms with Crippen LogP contribution in [0.25, 0.3) is 0 Å². The van der Waals surface area contributed by atoms with E-state index in [1.165, 1.54) is 6.20 Å². The van der Waals surface area contributed by atoms with Gasteiger partial charge in [0.25, 0.3) is 0 Å². The molecule has 0 bridgehead atoms. The van der Waals surface area contributed by atoms with Crippen LogP contribution in [0, 0.1) is 6.92 Å². The number of aryl methyl sites for hydroxylation is 1. The molecule has 21 heavy (non-hydrogen) atoms. The van der Waals surface area contributed by atoms with Crippen LogP contribution in [0.1, 0.15) is 18.4 Å². The van der Waals surface area contributed by atoms with E-state index in [0.29, 0.717) is 30.3 Å². The summed E-state index contributed by atoms with van der Waals surface area (Å²) in [4.78, 5) is 15.7. The minimum absolute atomic E-state index is 0.0850. The number of pyridine rings is 1. The van der Waals surface area contributed by atoms with E-state index in [1.807, 2.05) is 31.2 Å². The number of ether oxygens (including phenoxy) is 1. The molecule has 0 aliphatic carbocycles. The molecule has 2 aromatic rings. The van der Waals surface area contributed by atoms with Gasteiger partial charge in [0.05, 0.1) is 11.6 Å². The molecule has 0 spiro atoms. The standard InChI is InChI=1S/C16H17ClN2O2/c1-12-5-2-3-6-14(12)21-10-4-7-16(20)19-15-9-8-13(17)11-18-15/h2-3,5-6,8-9,11H,4,7,10H2,1H3,(H,18,19,20). The van der Waals surface area contributed by atoms with E-state index in [-0.39, 0.29) is 5.91 Å². The number of rotatable bonds is 6. The summed E-state index contributed by atoms with van der Waals surface area (Å²) in [7, 11) is 0. The molecule has 0 aliphatic heterocycles. The maximum Gasteiger partial charge on any atom is 0.225 e. The van der Waals surface area contributed by atoms with Gasteiger partial charge >= 0.3 is 0 Å². The zero-order valence-electron chi connectivity index (χ0n) is 11.8. The first-order valence-corrected chi connectivity index (χ1v) is 7.13. The largest absolute Gasteiger partial charge is 0.493 e. The van der Waals surface area contributed by atoms with Crippen molar-refractivity contribution < 1.29 is 9.53 Å². The number of benzene rings is 1. The number of para-hydroxylation sites is 1. The molecule has 1 aromatic carbocycles. The monoisotopic (exact) mass is 304 g/mol. The van der Waals surface area contributed by atoms with Crippen molar-refractivity contribution in [3.63, 3.8) is 0 Å². The molecule has 1 heterocycles. The molecule has 0 radical (unpaired) electrons. The van der Waals surface area contributed by atoms with Crippen LogP contribution in [0.15, 0.2) is 42.6 Å². The zero-order chi connectivity index (χ0) is 15.1. The van der Waals surface area contributed by atoms with Crippen molar-refractivity contribution in [1.29, 1.82) is 0 Å². The highest BCUT2D eigenvalue weighted by atomic mass is 35.5.